The third-order valence-corrected chi connectivity index (χ3v) is 7.29. The van der Waals surface area contributed by atoms with Gasteiger partial charge in [-0.15, -0.1) is 0 Å². The van der Waals surface area contributed by atoms with Crippen molar-refractivity contribution in [1.29, 1.82) is 0 Å². The number of carbonyl (C=O) groups excluding carboxylic acids is 2. The monoisotopic (exact) mass is 520 g/mol. The lowest BCUT2D eigenvalue weighted by atomic mass is 10.0. The van der Waals surface area contributed by atoms with Gasteiger partial charge in [-0.3, -0.25) is 9.59 Å². The van der Waals surface area contributed by atoms with E-state index in [2.05, 4.69) is 4.98 Å². The molecule has 1 aromatic heterocycles. The number of pyridine rings is 1. The molecule has 5 rings (SSSR count). The van der Waals surface area contributed by atoms with Crippen LogP contribution in [0, 0.1) is 11.6 Å². The summed E-state index contributed by atoms with van der Waals surface area (Å²) in [6.45, 7) is 2.25. The number of amides is 2. The summed E-state index contributed by atoms with van der Waals surface area (Å²) in [6, 6.07) is 5.18. The predicted molar refractivity (Wildman–Crippen MR) is 128 cm³/mol. The average Bonchev–Trinajstić information content (AvgIpc) is 3.45. The second kappa shape index (κ2) is 10.2. The number of piperidine rings is 1. The number of aliphatic hydroxyl groups is 1. The largest absolute Gasteiger partial charge is 0.477 e. The number of ether oxygens (including phenoxy) is 1. The minimum absolute atomic E-state index is 0.0154. The van der Waals surface area contributed by atoms with Crippen LogP contribution in [0.1, 0.15) is 36.0 Å². The smallest absolute Gasteiger partial charge is 0.263 e. The second-order valence-corrected chi connectivity index (χ2v) is 9.88. The van der Waals surface area contributed by atoms with Crippen LogP contribution in [-0.4, -0.2) is 82.7 Å². The van der Waals surface area contributed by atoms with Gasteiger partial charge < -0.3 is 24.5 Å². The van der Waals surface area contributed by atoms with E-state index in [-0.39, 0.29) is 46.6 Å². The molecule has 3 fully saturated rings. The second-order valence-electron chi connectivity index (χ2n) is 9.44. The molecule has 3 aliphatic heterocycles. The van der Waals surface area contributed by atoms with Gasteiger partial charge in [0, 0.05) is 56.9 Å². The number of likely N-dealkylation sites (tertiary alicyclic amines) is 2. The Morgan fingerprint density at radius 2 is 1.83 bits per heavy atom. The summed E-state index contributed by atoms with van der Waals surface area (Å²) in [5.41, 5.74) is 0.173. The third kappa shape index (κ3) is 4.97. The maximum atomic E-state index is 14.7. The number of anilines is 1. The molecule has 8 nitrogen and oxygen atoms in total. The van der Waals surface area contributed by atoms with Crippen LogP contribution >= 0.6 is 11.6 Å². The summed E-state index contributed by atoms with van der Waals surface area (Å²) < 4.78 is 34.7. The Kier molecular flexibility index (Phi) is 6.98. The zero-order valence-electron chi connectivity index (χ0n) is 19.6. The van der Waals surface area contributed by atoms with Crippen LogP contribution in [0.15, 0.2) is 30.5 Å². The highest BCUT2D eigenvalue weighted by atomic mass is 35.5. The van der Waals surface area contributed by atoms with Gasteiger partial charge in [0.1, 0.15) is 0 Å². The number of halogens is 3. The molecule has 3 saturated heterocycles. The standard InChI is InChI=1S/C25H27ClF2N4O4/c26-16-12-20(28)23(29-13-16)30-7-3-17(4-8-30)32-10-6-22(25(32)35)36-21-2-1-15(11-19(21)27)24(34)31-9-5-18(33)14-31/h1-2,11-13,17-18,22,33H,3-10,14H2/t18-,22-/m0/s1. The Morgan fingerprint density at radius 1 is 1.06 bits per heavy atom. The molecule has 0 saturated carbocycles. The summed E-state index contributed by atoms with van der Waals surface area (Å²) in [4.78, 5) is 34.8. The highest BCUT2D eigenvalue weighted by Gasteiger charge is 2.39. The predicted octanol–water partition coefficient (Wildman–Crippen LogP) is 2.87. The number of rotatable bonds is 5. The van der Waals surface area contributed by atoms with Gasteiger partial charge in [-0.05, 0) is 43.5 Å². The van der Waals surface area contributed by atoms with Crippen molar-refractivity contribution >= 4 is 29.2 Å². The van der Waals surface area contributed by atoms with E-state index < -0.39 is 23.8 Å². The van der Waals surface area contributed by atoms with Crippen molar-refractivity contribution < 1.29 is 28.2 Å². The van der Waals surface area contributed by atoms with Gasteiger partial charge >= 0.3 is 0 Å². The average molecular weight is 521 g/mol. The first-order chi connectivity index (χ1) is 17.3. The van der Waals surface area contributed by atoms with Crippen molar-refractivity contribution in [3.05, 3.63) is 52.7 Å². The summed E-state index contributed by atoms with van der Waals surface area (Å²) in [6.07, 6.45) is 2.29. The zero-order valence-corrected chi connectivity index (χ0v) is 20.3. The van der Waals surface area contributed by atoms with E-state index in [0.717, 1.165) is 6.07 Å². The van der Waals surface area contributed by atoms with E-state index >= 15 is 0 Å². The number of hydrogen-bond donors (Lipinski definition) is 1. The first-order valence-electron chi connectivity index (χ1n) is 12.1. The van der Waals surface area contributed by atoms with E-state index in [1.165, 1.54) is 29.3 Å². The van der Waals surface area contributed by atoms with E-state index in [4.69, 9.17) is 16.3 Å². The Morgan fingerprint density at radius 3 is 2.50 bits per heavy atom. The van der Waals surface area contributed by atoms with Gasteiger partial charge in [-0.25, -0.2) is 13.8 Å². The van der Waals surface area contributed by atoms with Gasteiger partial charge in [0.25, 0.3) is 11.8 Å². The lowest BCUT2D eigenvalue weighted by molar-refractivity contribution is -0.135. The normalized spacial score (nSPS) is 23.0. The van der Waals surface area contributed by atoms with Gasteiger partial charge in [0.15, 0.2) is 29.3 Å². The van der Waals surface area contributed by atoms with E-state index in [1.807, 2.05) is 4.90 Å². The van der Waals surface area contributed by atoms with Crippen LogP contribution in [0.4, 0.5) is 14.6 Å². The molecule has 11 heteroatoms. The van der Waals surface area contributed by atoms with Crippen molar-refractivity contribution in [2.24, 2.45) is 0 Å². The Bertz CT molecular complexity index is 1160. The number of hydrogen-bond acceptors (Lipinski definition) is 6. The lowest BCUT2D eigenvalue weighted by Gasteiger charge is -2.37. The number of carbonyl (C=O) groups is 2. The summed E-state index contributed by atoms with van der Waals surface area (Å²) in [5.74, 6) is -1.55. The van der Waals surface area contributed by atoms with Gasteiger partial charge in [0.2, 0.25) is 0 Å². The molecule has 1 N–H and O–H groups in total. The molecule has 4 heterocycles. The SMILES string of the molecule is O=C(c1ccc(O[C@H]2CCN(C3CCN(c4ncc(Cl)cc4F)CC3)C2=O)c(F)c1)N1CC[C@H](O)C1. The van der Waals surface area contributed by atoms with Crippen molar-refractivity contribution in [2.45, 2.75) is 43.9 Å². The molecular weight excluding hydrogens is 494 g/mol. The minimum Gasteiger partial charge on any atom is -0.477 e. The minimum atomic E-state index is -0.803. The Labute approximate surface area is 212 Å². The van der Waals surface area contributed by atoms with E-state index in [0.29, 0.717) is 51.9 Å². The van der Waals surface area contributed by atoms with Crippen LogP contribution in [0.5, 0.6) is 5.75 Å². The van der Waals surface area contributed by atoms with Crippen LogP contribution < -0.4 is 9.64 Å². The fraction of sp³-hybridized carbons (Fsp3) is 0.480. The number of β-amino-alcohol motifs (C(OH)–C–C–N with tert-alkyl or cyclic N) is 1. The van der Waals surface area contributed by atoms with Crippen molar-refractivity contribution in [1.82, 2.24) is 14.8 Å². The van der Waals surface area contributed by atoms with Crippen molar-refractivity contribution in [2.75, 3.05) is 37.6 Å². The van der Waals surface area contributed by atoms with Crippen LogP contribution in [0.25, 0.3) is 0 Å². The van der Waals surface area contributed by atoms with Gasteiger partial charge in [-0.2, -0.15) is 0 Å². The molecule has 2 atom stereocenters. The Hall–Kier alpha value is -2.98. The number of benzene rings is 1. The quantitative estimate of drug-likeness (QED) is 0.652. The topological polar surface area (TPSA) is 86.2 Å². The molecule has 3 aliphatic rings. The number of nitrogens with zero attached hydrogens (tertiary/aromatic N) is 4. The zero-order chi connectivity index (χ0) is 25.4. The summed E-state index contributed by atoms with van der Waals surface area (Å²) in [5, 5.41) is 9.87. The molecule has 1 aromatic carbocycles. The van der Waals surface area contributed by atoms with Gasteiger partial charge in [-0.1, -0.05) is 11.6 Å². The van der Waals surface area contributed by atoms with Crippen molar-refractivity contribution in [3.8, 4) is 5.75 Å². The molecule has 0 spiro atoms. The first-order valence-corrected chi connectivity index (χ1v) is 12.5. The fourth-order valence-corrected chi connectivity index (χ4v) is 5.31. The number of aliphatic hydroxyl groups excluding tert-OH is 1. The van der Waals surface area contributed by atoms with Gasteiger partial charge in [0.05, 0.1) is 11.1 Å². The van der Waals surface area contributed by atoms with E-state index in [9.17, 15) is 23.5 Å². The summed E-state index contributed by atoms with van der Waals surface area (Å²) in [7, 11) is 0. The number of aromatic nitrogens is 1. The summed E-state index contributed by atoms with van der Waals surface area (Å²) >= 11 is 5.79. The first kappa shape index (κ1) is 24.7. The van der Waals surface area contributed by atoms with Crippen LogP contribution in [0.2, 0.25) is 5.02 Å². The lowest BCUT2D eigenvalue weighted by Crippen LogP contribution is -2.47. The Balaban J connectivity index is 1.17. The molecule has 2 amide bonds. The fourth-order valence-electron chi connectivity index (χ4n) is 5.17. The molecule has 0 bridgehead atoms. The molecule has 0 unspecified atom stereocenters. The third-order valence-electron chi connectivity index (χ3n) is 7.08. The maximum absolute atomic E-state index is 14.7. The molecule has 0 radical (unpaired) electrons. The van der Waals surface area contributed by atoms with Crippen LogP contribution in [0.3, 0.4) is 0 Å². The molecule has 36 heavy (non-hydrogen) atoms. The molecule has 192 valence electrons. The van der Waals surface area contributed by atoms with Crippen LogP contribution in [-0.2, 0) is 4.79 Å². The van der Waals surface area contributed by atoms with E-state index in [1.54, 1.807) is 4.90 Å². The molecular formula is C25H27ClF2N4O4. The van der Waals surface area contributed by atoms with Crippen molar-refractivity contribution in [3.63, 3.8) is 0 Å². The highest BCUT2D eigenvalue weighted by molar-refractivity contribution is 6.30. The molecule has 0 aliphatic carbocycles. The highest BCUT2D eigenvalue weighted by Crippen LogP contribution is 2.29. The maximum Gasteiger partial charge on any atom is 0.263 e. The molecule has 2 aromatic rings.